The number of aliphatic hydroxyl groups excluding tert-OH is 1. The minimum atomic E-state index is -0.728. The molecule has 2 atom stereocenters. The summed E-state index contributed by atoms with van der Waals surface area (Å²) in [5.41, 5.74) is 7.50. The second-order valence-corrected chi connectivity index (χ2v) is 5.32. The van der Waals surface area contributed by atoms with Crippen molar-refractivity contribution < 1.29 is 9.84 Å². The maximum atomic E-state index is 10.6. The highest BCUT2D eigenvalue weighted by molar-refractivity contribution is 9.10. The van der Waals surface area contributed by atoms with Crippen molar-refractivity contribution in [2.45, 2.75) is 12.0 Å². The van der Waals surface area contributed by atoms with Gasteiger partial charge in [-0.2, -0.15) is 0 Å². The summed E-state index contributed by atoms with van der Waals surface area (Å²) in [5, 5.41) is 10.6. The van der Waals surface area contributed by atoms with Crippen molar-refractivity contribution in [2.75, 3.05) is 13.7 Å². The number of hydrogen-bond acceptors (Lipinski definition) is 4. The normalized spacial score (nSPS) is 13.8. The van der Waals surface area contributed by atoms with Gasteiger partial charge in [-0.25, -0.2) is 0 Å². The Balaban J connectivity index is 2.36. The maximum Gasteiger partial charge on any atom is 0.119 e. The molecule has 0 fully saturated rings. The Bertz CT molecular complexity index is 563. The first-order valence-electron chi connectivity index (χ1n) is 6.29. The van der Waals surface area contributed by atoms with E-state index in [0.29, 0.717) is 12.3 Å². The van der Waals surface area contributed by atoms with E-state index in [9.17, 15) is 5.11 Å². The maximum absolute atomic E-state index is 10.6. The zero-order valence-electron chi connectivity index (χ0n) is 11.2. The summed E-state index contributed by atoms with van der Waals surface area (Å²) in [7, 11) is 1.60. The summed E-state index contributed by atoms with van der Waals surface area (Å²) >= 11 is 3.46. The van der Waals surface area contributed by atoms with Crippen LogP contribution in [0.25, 0.3) is 0 Å². The lowest BCUT2D eigenvalue weighted by atomic mass is 9.90. The third kappa shape index (κ3) is 3.17. The SMILES string of the molecule is COc1ccc(Br)c(C(O)C(CN)c2cccnc2)c1. The van der Waals surface area contributed by atoms with Crippen LogP contribution in [0.4, 0.5) is 0 Å². The number of aliphatic hydroxyl groups is 1. The van der Waals surface area contributed by atoms with Crippen molar-refractivity contribution in [1.29, 1.82) is 0 Å². The highest BCUT2D eigenvalue weighted by Gasteiger charge is 2.24. The molecule has 2 aromatic rings. The topological polar surface area (TPSA) is 68.4 Å². The van der Waals surface area contributed by atoms with Gasteiger partial charge in [0.15, 0.2) is 0 Å². The van der Waals surface area contributed by atoms with E-state index in [2.05, 4.69) is 20.9 Å². The number of nitrogens with zero attached hydrogens (tertiary/aromatic N) is 1. The lowest BCUT2D eigenvalue weighted by Crippen LogP contribution is -2.20. The molecule has 20 heavy (non-hydrogen) atoms. The van der Waals surface area contributed by atoms with Gasteiger partial charge < -0.3 is 15.6 Å². The lowest BCUT2D eigenvalue weighted by Gasteiger charge is -2.23. The summed E-state index contributed by atoms with van der Waals surface area (Å²) < 4.78 is 6.03. The predicted molar refractivity (Wildman–Crippen MR) is 81.7 cm³/mol. The van der Waals surface area contributed by atoms with Crippen LogP contribution in [-0.4, -0.2) is 23.7 Å². The summed E-state index contributed by atoms with van der Waals surface area (Å²) in [6.07, 6.45) is 2.70. The molecule has 5 heteroatoms. The van der Waals surface area contributed by atoms with E-state index in [1.54, 1.807) is 19.5 Å². The predicted octanol–water partition coefficient (Wildman–Crippen LogP) is 2.63. The molecule has 3 N–H and O–H groups in total. The second-order valence-electron chi connectivity index (χ2n) is 4.46. The van der Waals surface area contributed by atoms with E-state index in [1.165, 1.54) is 0 Å². The zero-order chi connectivity index (χ0) is 14.5. The lowest BCUT2D eigenvalue weighted by molar-refractivity contribution is 0.146. The molecule has 2 rings (SSSR count). The number of benzene rings is 1. The minimum absolute atomic E-state index is 0.216. The molecule has 0 amide bonds. The largest absolute Gasteiger partial charge is 0.497 e. The quantitative estimate of drug-likeness (QED) is 0.880. The third-order valence-electron chi connectivity index (χ3n) is 3.27. The van der Waals surface area contributed by atoms with Gasteiger partial charge in [0.05, 0.1) is 13.2 Å². The summed E-state index contributed by atoms with van der Waals surface area (Å²) in [6.45, 7) is 0.330. The van der Waals surface area contributed by atoms with Crippen molar-refractivity contribution in [3.8, 4) is 5.75 Å². The summed E-state index contributed by atoms with van der Waals surface area (Å²) in [4.78, 5) is 4.08. The average molecular weight is 337 g/mol. The molecule has 0 aliphatic rings. The molecule has 1 aromatic heterocycles. The fraction of sp³-hybridized carbons (Fsp3) is 0.267. The molecule has 0 spiro atoms. The average Bonchev–Trinajstić information content (AvgIpc) is 2.49. The Labute approximate surface area is 126 Å². The van der Waals surface area contributed by atoms with Crippen LogP contribution in [0.3, 0.4) is 0 Å². The van der Waals surface area contributed by atoms with E-state index < -0.39 is 6.10 Å². The Hall–Kier alpha value is -1.43. The molecular formula is C15H17BrN2O2. The van der Waals surface area contributed by atoms with E-state index in [-0.39, 0.29) is 5.92 Å². The molecule has 2 unspecified atom stereocenters. The molecule has 1 aromatic carbocycles. The van der Waals surface area contributed by atoms with E-state index in [4.69, 9.17) is 10.5 Å². The zero-order valence-corrected chi connectivity index (χ0v) is 12.7. The number of rotatable bonds is 5. The van der Waals surface area contributed by atoms with E-state index in [0.717, 1.165) is 15.6 Å². The van der Waals surface area contributed by atoms with Gasteiger partial charge >= 0.3 is 0 Å². The molecule has 0 saturated carbocycles. The summed E-state index contributed by atoms with van der Waals surface area (Å²) in [5.74, 6) is 0.483. The van der Waals surface area contributed by atoms with E-state index >= 15 is 0 Å². The van der Waals surface area contributed by atoms with Crippen LogP contribution in [0.5, 0.6) is 5.75 Å². The number of nitrogens with two attached hydrogens (primary N) is 1. The first kappa shape index (κ1) is 15.0. The number of aromatic nitrogens is 1. The number of methoxy groups -OCH3 is 1. The molecule has 0 aliphatic heterocycles. The van der Waals surface area contributed by atoms with Crippen molar-refractivity contribution in [1.82, 2.24) is 4.98 Å². The number of hydrogen-bond donors (Lipinski definition) is 2. The minimum Gasteiger partial charge on any atom is -0.497 e. The number of halogens is 1. The van der Waals surface area contributed by atoms with Crippen LogP contribution in [0.15, 0.2) is 47.2 Å². The summed E-state index contributed by atoms with van der Waals surface area (Å²) in [6, 6.07) is 9.26. The number of ether oxygens (including phenoxy) is 1. The highest BCUT2D eigenvalue weighted by atomic mass is 79.9. The monoisotopic (exact) mass is 336 g/mol. The van der Waals surface area contributed by atoms with Gasteiger partial charge in [-0.3, -0.25) is 4.98 Å². The number of pyridine rings is 1. The molecule has 0 bridgehead atoms. The van der Waals surface area contributed by atoms with Crippen LogP contribution in [0.1, 0.15) is 23.1 Å². The van der Waals surface area contributed by atoms with Gasteiger partial charge in [0, 0.05) is 29.3 Å². The first-order chi connectivity index (χ1) is 9.67. The van der Waals surface area contributed by atoms with Gasteiger partial charge in [0.1, 0.15) is 5.75 Å². The molecule has 0 aliphatic carbocycles. The van der Waals surface area contributed by atoms with Gasteiger partial charge in [-0.05, 0) is 35.4 Å². The van der Waals surface area contributed by atoms with Gasteiger partial charge in [-0.1, -0.05) is 22.0 Å². The van der Waals surface area contributed by atoms with E-state index in [1.807, 2.05) is 30.3 Å². The van der Waals surface area contributed by atoms with Gasteiger partial charge in [0.2, 0.25) is 0 Å². The molecule has 0 radical (unpaired) electrons. The molecule has 106 valence electrons. The fourth-order valence-electron chi connectivity index (χ4n) is 2.13. The van der Waals surface area contributed by atoms with Crippen LogP contribution in [-0.2, 0) is 0 Å². The van der Waals surface area contributed by atoms with Crippen molar-refractivity contribution in [3.05, 3.63) is 58.3 Å². The Morgan fingerprint density at radius 3 is 2.80 bits per heavy atom. The fourth-order valence-corrected chi connectivity index (χ4v) is 2.62. The van der Waals surface area contributed by atoms with Gasteiger partial charge in [0.25, 0.3) is 0 Å². The second kappa shape index (κ2) is 6.83. The molecule has 4 nitrogen and oxygen atoms in total. The Morgan fingerprint density at radius 1 is 1.40 bits per heavy atom. The van der Waals surface area contributed by atoms with Gasteiger partial charge in [-0.15, -0.1) is 0 Å². The Morgan fingerprint density at radius 2 is 2.20 bits per heavy atom. The third-order valence-corrected chi connectivity index (χ3v) is 3.99. The molecular weight excluding hydrogens is 320 g/mol. The van der Waals surface area contributed by atoms with Crippen molar-refractivity contribution in [3.63, 3.8) is 0 Å². The van der Waals surface area contributed by atoms with Crippen LogP contribution < -0.4 is 10.5 Å². The molecule has 0 saturated heterocycles. The molecule has 1 heterocycles. The van der Waals surface area contributed by atoms with Crippen molar-refractivity contribution in [2.24, 2.45) is 5.73 Å². The van der Waals surface area contributed by atoms with Crippen LogP contribution in [0, 0.1) is 0 Å². The smallest absolute Gasteiger partial charge is 0.119 e. The highest BCUT2D eigenvalue weighted by Crippen LogP contribution is 2.35. The first-order valence-corrected chi connectivity index (χ1v) is 7.08. The van der Waals surface area contributed by atoms with Crippen LogP contribution >= 0.6 is 15.9 Å². The Kier molecular flexibility index (Phi) is 5.11. The van der Waals surface area contributed by atoms with Crippen molar-refractivity contribution >= 4 is 15.9 Å². The van der Waals surface area contributed by atoms with Crippen LogP contribution in [0.2, 0.25) is 0 Å². The standard InChI is InChI=1S/C15H17BrN2O2/c1-20-11-4-5-14(16)12(7-11)15(19)13(8-17)10-3-2-6-18-9-10/h2-7,9,13,15,19H,8,17H2,1H3.